The highest BCUT2D eigenvalue weighted by Gasteiger charge is 2.29. The average molecular weight is 402 g/mol. The van der Waals surface area contributed by atoms with Crippen molar-refractivity contribution in [3.63, 3.8) is 0 Å². The number of aromatic carboxylic acids is 1. The summed E-state index contributed by atoms with van der Waals surface area (Å²) in [6.07, 6.45) is 2.92. The fourth-order valence-corrected chi connectivity index (χ4v) is 3.62. The van der Waals surface area contributed by atoms with Crippen LogP contribution in [0.4, 0.5) is 0 Å². The van der Waals surface area contributed by atoms with Crippen molar-refractivity contribution in [3.8, 4) is 17.1 Å². The molecule has 9 nitrogen and oxygen atoms in total. The van der Waals surface area contributed by atoms with Gasteiger partial charge < -0.3 is 14.6 Å². The summed E-state index contributed by atoms with van der Waals surface area (Å²) in [5, 5.41) is 17.1. The molecule has 0 saturated heterocycles. The van der Waals surface area contributed by atoms with E-state index >= 15 is 0 Å². The average Bonchev–Trinajstić information content (AvgIpc) is 3.22. The first-order chi connectivity index (χ1) is 13.7. The van der Waals surface area contributed by atoms with Gasteiger partial charge in [-0.2, -0.15) is 0 Å². The zero-order chi connectivity index (χ0) is 21.1. The molecule has 1 N–H and O–H groups in total. The van der Waals surface area contributed by atoms with Crippen LogP contribution in [0, 0.1) is 12.8 Å². The lowest BCUT2D eigenvalue weighted by atomic mass is 10.0. The normalized spacial score (nSPS) is 18.8. The standard InChI is InChI=1S/C20H26N4O5/c1-11(2)28-17(25)10-13-5-6-14(9-13)29-16-8-7-15(21-12(16)3)18-19(20(26)27)24(4)23-22-18/h7-8,11,13-14H,5-6,9-10H2,1-4H3,(H,26,27). The van der Waals surface area contributed by atoms with Crippen molar-refractivity contribution < 1.29 is 24.2 Å². The van der Waals surface area contributed by atoms with Crippen LogP contribution in [0.3, 0.4) is 0 Å². The van der Waals surface area contributed by atoms with Gasteiger partial charge >= 0.3 is 11.9 Å². The van der Waals surface area contributed by atoms with Gasteiger partial charge in [-0.25, -0.2) is 14.5 Å². The van der Waals surface area contributed by atoms with Crippen molar-refractivity contribution in [1.29, 1.82) is 0 Å². The number of hydrogen-bond acceptors (Lipinski definition) is 7. The fraction of sp³-hybridized carbons (Fsp3) is 0.550. The lowest BCUT2D eigenvalue weighted by molar-refractivity contribution is -0.148. The molecule has 1 aliphatic rings. The Bertz CT molecular complexity index is 908. The molecule has 0 bridgehead atoms. The molecule has 156 valence electrons. The van der Waals surface area contributed by atoms with E-state index in [1.54, 1.807) is 12.1 Å². The van der Waals surface area contributed by atoms with Crippen LogP contribution in [-0.2, 0) is 16.6 Å². The summed E-state index contributed by atoms with van der Waals surface area (Å²) in [6, 6.07) is 3.46. The van der Waals surface area contributed by atoms with Crippen LogP contribution in [0.1, 0.15) is 55.7 Å². The zero-order valence-corrected chi connectivity index (χ0v) is 17.1. The second kappa shape index (κ2) is 8.59. The summed E-state index contributed by atoms with van der Waals surface area (Å²) >= 11 is 0. The Balaban J connectivity index is 1.65. The van der Waals surface area contributed by atoms with Crippen molar-refractivity contribution in [3.05, 3.63) is 23.5 Å². The molecule has 1 saturated carbocycles. The Hall–Kier alpha value is -2.97. The molecular weight excluding hydrogens is 376 g/mol. The number of ether oxygens (including phenoxy) is 2. The van der Waals surface area contributed by atoms with E-state index in [1.165, 1.54) is 11.7 Å². The topological polar surface area (TPSA) is 116 Å². The van der Waals surface area contributed by atoms with Gasteiger partial charge in [0.25, 0.3) is 0 Å². The number of rotatable bonds is 7. The smallest absolute Gasteiger partial charge is 0.356 e. The summed E-state index contributed by atoms with van der Waals surface area (Å²) in [5.74, 6) is -0.368. The van der Waals surface area contributed by atoms with Crippen LogP contribution < -0.4 is 4.74 Å². The van der Waals surface area contributed by atoms with Crippen LogP contribution in [0.25, 0.3) is 11.4 Å². The SMILES string of the molecule is Cc1nc(-c2nnn(C)c2C(=O)O)ccc1OC1CCC(CC(=O)OC(C)C)C1. The summed E-state index contributed by atoms with van der Waals surface area (Å²) in [7, 11) is 1.53. The van der Waals surface area contributed by atoms with E-state index in [9.17, 15) is 14.7 Å². The first-order valence-corrected chi connectivity index (χ1v) is 9.71. The zero-order valence-electron chi connectivity index (χ0n) is 17.1. The number of hydrogen-bond donors (Lipinski definition) is 1. The van der Waals surface area contributed by atoms with E-state index in [2.05, 4.69) is 15.3 Å². The maximum absolute atomic E-state index is 11.9. The first kappa shape index (κ1) is 20.8. The maximum Gasteiger partial charge on any atom is 0.356 e. The van der Waals surface area contributed by atoms with Gasteiger partial charge in [0.05, 0.1) is 23.6 Å². The minimum atomic E-state index is -1.11. The quantitative estimate of drug-likeness (QED) is 0.703. The van der Waals surface area contributed by atoms with Crippen LogP contribution in [0.15, 0.2) is 12.1 Å². The lowest BCUT2D eigenvalue weighted by Gasteiger charge is -2.16. The summed E-state index contributed by atoms with van der Waals surface area (Å²) in [6.45, 7) is 5.50. The molecule has 2 aromatic heterocycles. The molecule has 0 aliphatic heterocycles. The number of carboxylic acids is 1. The number of carbonyl (C=O) groups is 2. The van der Waals surface area contributed by atoms with Crippen molar-refractivity contribution in [2.24, 2.45) is 13.0 Å². The van der Waals surface area contributed by atoms with Gasteiger partial charge in [-0.1, -0.05) is 5.21 Å². The Kier molecular flexibility index (Phi) is 6.14. The monoisotopic (exact) mass is 402 g/mol. The Morgan fingerprint density at radius 2 is 2.07 bits per heavy atom. The predicted molar refractivity (Wildman–Crippen MR) is 104 cm³/mol. The van der Waals surface area contributed by atoms with E-state index in [1.807, 2.05) is 20.8 Å². The van der Waals surface area contributed by atoms with E-state index in [4.69, 9.17) is 9.47 Å². The van der Waals surface area contributed by atoms with Gasteiger partial charge in [-0.3, -0.25) is 4.79 Å². The molecule has 29 heavy (non-hydrogen) atoms. The molecule has 3 rings (SSSR count). The van der Waals surface area contributed by atoms with E-state index in [-0.39, 0.29) is 35.5 Å². The highest BCUT2D eigenvalue weighted by atomic mass is 16.5. The fourth-order valence-electron chi connectivity index (χ4n) is 3.62. The molecule has 0 amide bonds. The van der Waals surface area contributed by atoms with Crippen molar-refractivity contribution >= 4 is 11.9 Å². The van der Waals surface area contributed by atoms with Crippen LogP contribution in [-0.4, -0.2) is 49.2 Å². The maximum atomic E-state index is 11.9. The van der Waals surface area contributed by atoms with Gasteiger partial charge in [-0.05, 0) is 58.1 Å². The third kappa shape index (κ3) is 4.90. The molecular formula is C20H26N4O5. The number of aromatic nitrogens is 4. The predicted octanol–water partition coefficient (Wildman–Crippen LogP) is 2.77. The van der Waals surface area contributed by atoms with Crippen molar-refractivity contribution in [2.75, 3.05) is 0 Å². The number of nitrogens with zero attached hydrogens (tertiary/aromatic N) is 4. The number of pyridine rings is 1. The van der Waals surface area contributed by atoms with E-state index in [0.717, 1.165) is 19.3 Å². The summed E-state index contributed by atoms with van der Waals surface area (Å²) < 4.78 is 12.5. The second-order valence-corrected chi connectivity index (χ2v) is 7.66. The molecule has 2 aromatic rings. The van der Waals surface area contributed by atoms with Crippen LogP contribution >= 0.6 is 0 Å². The van der Waals surface area contributed by atoms with Gasteiger partial charge in [0, 0.05) is 13.5 Å². The Labute approximate surface area is 169 Å². The largest absolute Gasteiger partial charge is 0.489 e. The Morgan fingerprint density at radius 1 is 1.31 bits per heavy atom. The third-order valence-electron chi connectivity index (χ3n) is 4.92. The van der Waals surface area contributed by atoms with Crippen LogP contribution in [0.5, 0.6) is 5.75 Å². The minimum absolute atomic E-state index is 0.0162. The van der Waals surface area contributed by atoms with Crippen molar-refractivity contribution in [2.45, 2.75) is 58.7 Å². The minimum Gasteiger partial charge on any atom is -0.489 e. The summed E-state index contributed by atoms with van der Waals surface area (Å²) in [4.78, 5) is 27.8. The second-order valence-electron chi connectivity index (χ2n) is 7.66. The molecule has 0 aromatic carbocycles. The molecule has 1 fully saturated rings. The molecule has 0 radical (unpaired) electrons. The molecule has 2 atom stereocenters. The number of esters is 1. The molecule has 2 heterocycles. The molecule has 9 heteroatoms. The summed E-state index contributed by atoms with van der Waals surface area (Å²) in [5.41, 5.74) is 1.28. The van der Waals surface area contributed by atoms with Crippen LogP contribution in [0.2, 0.25) is 0 Å². The lowest BCUT2D eigenvalue weighted by Crippen LogP contribution is -2.16. The van der Waals surface area contributed by atoms with Crippen molar-refractivity contribution in [1.82, 2.24) is 20.0 Å². The molecule has 1 aliphatic carbocycles. The highest BCUT2D eigenvalue weighted by Crippen LogP contribution is 2.33. The van der Waals surface area contributed by atoms with Gasteiger partial charge in [0.15, 0.2) is 5.69 Å². The number of aryl methyl sites for hydroxylation is 2. The highest BCUT2D eigenvalue weighted by molar-refractivity contribution is 5.92. The van der Waals surface area contributed by atoms with E-state index in [0.29, 0.717) is 23.6 Å². The number of carbonyl (C=O) groups excluding carboxylic acids is 1. The first-order valence-electron chi connectivity index (χ1n) is 9.71. The Morgan fingerprint density at radius 3 is 2.72 bits per heavy atom. The van der Waals surface area contributed by atoms with Gasteiger partial charge in [0.2, 0.25) is 0 Å². The third-order valence-corrected chi connectivity index (χ3v) is 4.92. The molecule has 0 spiro atoms. The van der Waals surface area contributed by atoms with Gasteiger partial charge in [0.1, 0.15) is 11.4 Å². The van der Waals surface area contributed by atoms with E-state index < -0.39 is 5.97 Å². The number of carboxylic acid groups (broad SMARTS) is 1. The molecule has 2 unspecified atom stereocenters. The van der Waals surface area contributed by atoms with Gasteiger partial charge in [-0.15, -0.1) is 5.10 Å².